The van der Waals surface area contributed by atoms with Gasteiger partial charge in [0.2, 0.25) is 11.8 Å². The topological polar surface area (TPSA) is 67.9 Å². The summed E-state index contributed by atoms with van der Waals surface area (Å²) in [5, 5.41) is 2.95. The minimum absolute atomic E-state index is 0.0103. The normalized spacial score (nSPS) is 16.2. The number of aryl methyl sites for hydroxylation is 1. The van der Waals surface area contributed by atoms with Crippen molar-refractivity contribution in [1.29, 1.82) is 0 Å². The van der Waals surface area contributed by atoms with E-state index in [4.69, 9.17) is 9.47 Å². The van der Waals surface area contributed by atoms with Gasteiger partial charge in [-0.2, -0.15) is 0 Å². The van der Waals surface area contributed by atoms with E-state index in [1.807, 2.05) is 49.4 Å². The number of nitrogens with zero attached hydrogens (tertiary/aromatic N) is 1. The van der Waals surface area contributed by atoms with Crippen LogP contribution in [0.2, 0.25) is 0 Å². The fourth-order valence-electron chi connectivity index (χ4n) is 3.37. The van der Waals surface area contributed by atoms with Gasteiger partial charge in [0.15, 0.2) is 11.5 Å². The molecule has 1 heterocycles. The molecule has 28 heavy (non-hydrogen) atoms. The fourth-order valence-corrected chi connectivity index (χ4v) is 3.37. The molecule has 0 radical (unpaired) electrons. The summed E-state index contributed by atoms with van der Waals surface area (Å²) >= 11 is 0. The lowest BCUT2D eigenvalue weighted by atomic mass is 10.1. The molecule has 0 unspecified atom stereocenters. The van der Waals surface area contributed by atoms with Gasteiger partial charge in [0.1, 0.15) is 0 Å². The maximum Gasteiger partial charge on any atom is 0.227 e. The molecule has 1 atom stereocenters. The third-order valence-electron chi connectivity index (χ3n) is 5.00. The van der Waals surface area contributed by atoms with E-state index >= 15 is 0 Å². The Bertz CT molecular complexity index is 848. The Morgan fingerprint density at radius 2 is 1.82 bits per heavy atom. The predicted molar refractivity (Wildman–Crippen MR) is 108 cm³/mol. The van der Waals surface area contributed by atoms with Crippen molar-refractivity contribution in [2.24, 2.45) is 5.92 Å². The van der Waals surface area contributed by atoms with Gasteiger partial charge >= 0.3 is 0 Å². The molecular weight excluding hydrogens is 356 g/mol. The Balaban J connectivity index is 1.53. The lowest BCUT2D eigenvalue weighted by Gasteiger charge is -2.17. The van der Waals surface area contributed by atoms with Crippen molar-refractivity contribution in [2.45, 2.75) is 19.8 Å². The molecule has 2 aromatic carbocycles. The van der Waals surface area contributed by atoms with E-state index in [9.17, 15) is 9.59 Å². The average molecular weight is 382 g/mol. The quantitative estimate of drug-likeness (QED) is 0.800. The maximum absolute atomic E-state index is 12.5. The molecule has 0 aromatic heterocycles. The molecule has 3 rings (SSSR count). The van der Waals surface area contributed by atoms with Gasteiger partial charge in [0.05, 0.1) is 20.1 Å². The molecule has 0 spiro atoms. The lowest BCUT2D eigenvalue weighted by molar-refractivity contribution is -0.126. The van der Waals surface area contributed by atoms with Gasteiger partial charge in [0.25, 0.3) is 0 Å². The minimum atomic E-state index is -0.320. The fraction of sp³-hybridized carbons (Fsp3) is 0.364. The first-order valence-electron chi connectivity index (χ1n) is 9.37. The second-order valence-corrected chi connectivity index (χ2v) is 6.97. The number of benzene rings is 2. The zero-order chi connectivity index (χ0) is 20.1. The molecule has 0 saturated carbocycles. The molecule has 1 N–H and O–H groups in total. The molecule has 2 amide bonds. The van der Waals surface area contributed by atoms with Crippen LogP contribution in [0.15, 0.2) is 42.5 Å². The van der Waals surface area contributed by atoms with Crippen molar-refractivity contribution in [3.8, 4) is 11.5 Å². The number of anilines is 1. The van der Waals surface area contributed by atoms with Crippen LogP contribution in [-0.2, 0) is 16.0 Å². The third kappa shape index (κ3) is 4.44. The number of nitrogens with one attached hydrogen (secondary N) is 1. The van der Waals surface area contributed by atoms with Crippen molar-refractivity contribution >= 4 is 17.5 Å². The molecule has 0 bridgehead atoms. The summed E-state index contributed by atoms with van der Waals surface area (Å²) in [5.41, 5.74) is 3.03. The van der Waals surface area contributed by atoms with Gasteiger partial charge in [-0.15, -0.1) is 0 Å². The van der Waals surface area contributed by atoms with Gasteiger partial charge in [-0.3, -0.25) is 9.59 Å². The minimum Gasteiger partial charge on any atom is -0.493 e. The molecule has 6 heteroatoms. The number of rotatable bonds is 7. The zero-order valence-electron chi connectivity index (χ0n) is 16.5. The highest BCUT2D eigenvalue weighted by Crippen LogP contribution is 2.28. The summed E-state index contributed by atoms with van der Waals surface area (Å²) in [6.45, 7) is 2.93. The molecule has 6 nitrogen and oxygen atoms in total. The number of hydrogen-bond donors (Lipinski definition) is 1. The standard InChI is InChI=1S/C22H26N2O4/c1-15-4-7-18(8-5-15)24-14-17(13-21(24)25)22(26)23-11-10-16-6-9-19(27-2)20(12-16)28-3/h4-9,12,17H,10-11,13-14H2,1-3H3,(H,23,26)/t17-/m1/s1. The van der Waals surface area contributed by atoms with E-state index in [0.717, 1.165) is 16.8 Å². The van der Waals surface area contributed by atoms with Crippen molar-refractivity contribution in [3.05, 3.63) is 53.6 Å². The third-order valence-corrected chi connectivity index (χ3v) is 5.00. The first kappa shape index (κ1) is 19.7. The van der Waals surface area contributed by atoms with Crippen LogP contribution in [0.3, 0.4) is 0 Å². The maximum atomic E-state index is 12.5. The Morgan fingerprint density at radius 3 is 2.50 bits per heavy atom. The summed E-state index contributed by atoms with van der Waals surface area (Å²) in [6, 6.07) is 13.5. The Kier molecular flexibility index (Phi) is 6.19. The lowest BCUT2D eigenvalue weighted by Crippen LogP contribution is -2.34. The van der Waals surface area contributed by atoms with Crippen LogP contribution in [0.5, 0.6) is 11.5 Å². The predicted octanol–water partition coefficient (Wildman–Crippen LogP) is 2.72. The van der Waals surface area contributed by atoms with Crippen LogP contribution in [0.4, 0.5) is 5.69 Å². The van der Waals surface area contributed by atoms with E-state index in [1.54, 1.807) is 19.1 Å². The van der Waals surface area contributed by atoms with Crippen LogP contribution >= 0.6 is 0 Å². The van der Waals surface area contributed by atoms with Crippen molar-refractivity contribution in [2.75, 3.05) is 32.2 Å². The highest BCUT2D eigenvalue weighted by Gasteiger charge is 2.34. The zero-order valence-corrected chi connectivity index (χ0v) is 16.5. The highest BCUT2D eigenvalue weighted by atomic mass is 16.5. The van der Waals surface area contributed by atoms with Crippen molar-refractivity contribution in [3.63, 3.8) is 0 Å². The van der Waals surface area contributed by atoms with Gasteiger partial charge in [-0.25, -0.2) is 0 Å². The van der Waals surface area contributed by atoms with Gasteiger partial charge in [-0.05, 0) is 43.2 Å². The summed E-state index contributed by atoms with van der Waals surface area (Å²) < 4.78 is 10.5. The van der Waals surface area contributed by atoms with Crippen LogP contribution in [0.1, 0.15) is 17.5 Å². The number of carbonyl (C=O) groups excluding carboxylic acids is 2. The summed E-state index contributed by atoms with van der Waals surface area (Å²) in [7, 11) is 3.20. The second kappa shape index (κ2) is 8.78. The number of methoxy groups -OCH3 is 2. The van der Waals surface area contributed by atoms with E-state index < -0.39 is 0 Å². The Labute approximate surface area is 165 Å². The van der Waals surface area contributed by atoms with Crippen molar-refractivity contribution in [1.82, 2.24) is 5.32 Å². The second-order valence-electron chi connectivity index (χ2n) is 6.97. The van der Waals surface area contributed by atoms with E-state index in [-0.39, 0.29) is 24.2 Å². The van der Waals surface area contributed by atoms with Crippen LogP contribution in [0.25, 0.3) is 0 Å². The Morgan fingerprint density at radius 1 is 1.11 bits per heavy atom. The summed E-state index contributed by atoms with van der Waals surface area (Å²) in [6.07, 6.45) is 0.921. The molecular formula is C22H26N2O4. The number of amides is 2. The van der Waals surface area contributed by atoms with Gasteiger partial charge < -0.3 is 19.7 Å². The van der Waals surface area contributed by atoms with Crippen LogP contribution < -0.4 is 19.7 Å². The van der Waals surface area contributed by atoms with Crippen LogP contribution in [-0.4, -0.2) is 39.1 Å². The molecule has 1 fully saturated rings. The van der Waals surface area contributed by atoms with Crippen molar-refractivity contribution < 1.29 is 19.1 Å². The van der Waals surface area contributed by atoms with Crippen LogP contribution in [0, 0.1) is 12.8 Å². The van der Waals surface area contributed by atoms with E-state index in [2.05, 4.69) is 5.32 Å². The van der Waals surface area contributed by atoms with Gasteiger partial charge in [0, 0.05) is 25.2 Å². The first-order chi connectivity index (χ1) is 13.5. The smallest absolute Gasteiger partial charge is 0.227 e. The molecule has 1 aliphatic heterocycles. The first-order valence-corrected chi connectivity index (χ1v) is 9.37. The Hall–Kier alpha value is -3.02. The van der Waals surface area contributed by atoms with E-state index in [1.165, 1.54) is 0 Å². The monoisotopic (exact) mass is 382 g/mol. The molecule has 1 saturated heterocycles. The molecule has 2 aromatic rings. The average Bonchev–Trinajstić information content (AvgIpc) is 3.10. The van der Waals surface area contributed by atoms with Gasteiger partial charge in [-0.1, -0.05) is 23.8 Å². The number of ether oxygens (including phenoxy) is 2. The summed E-state index contributed by atoms with van der Waals surface area (Å²) in [5.74, 6) is 0.934. The SMILES string of the molecule is COc1ccc(CCNC(=O)[C@@H]2CC(=O)N(c3ccc(C)cc3)C2)cc1OC. The summed E-state index contributed by atoms with van der Waals surface area (Å²) in [4.78, 5) is 26.5. The molecule has 148 valence electrons. The largest absolute Gasteiger partial charge is 0.493 e. The molecule has 0 aliphatic carbocycles. The highest BCUT2D eigenvalue weighted by molar-refractivity contribution is 6.00. The number of hydrogen-bond acceptors (Lipinski definition) is 4. The molecule has 1 aliphatic rings. The number of carbonyl (C=O) groups is 2. The van der Waals surface area contributed by atoms with E-state index in [0.29, 0.717) is 31.0 Å².